The van der Waals surface area contributed by atoms with Crippen molar-refractivity contribution in [3.05, 3.63) is 48.3 Å². The summed E-state index contributed by atoms with van der Waals surface area (Å²) in [7, 11) is 2.18. The number of ether oxygens (including phenoxy) is 1. The lowest BCUT2D eigenvalue weighted by Crippen LogP contribution is -2.44. The molecule has 3 heterocycles. The number of pyridine rings is 1. The van der Waals surface area contributed by atoms with Crippen molar-refractivity contribution in [3.8, 4) is 17.0 Å². The van der Waals surface area contributed by atoms with E-state index in [2.05, 4.69) is 33.4 Å². The Labute approximate surface area is 166 Å². The van der Waals surface area contributed by atoms with Crippen LogP contribution >= 0.6 is 0 Å². The number of nitrogen functional groups attached to an aromatic ring is 1. The highest BCUT2D eigenvalue weighted by Crippen LogP contribution is 2.28. The van der Waals surface area contributed by atoms with E-state index >= 15 is 0 Å². The monoisotopic (exact) mass is 379 g/mol. The van der Waals surface area contributed by atoms with Gasteiger partial charge in [0, 0.05) is 50.2 Å². The van der Waals surface area contributed by atoms with E-state index in [1.165, 1.54) is 5.69 Å². The van der Waals surface area contributed by atoms with E-state index < -0.39 is 0 Å². The first-order valence-corrected chi connectivity index (χ1v) is 9.94. The Morgan fingerprint density at radius 2 is 1.75 bits per heavy atom. The molecule has 1 saturated heterocycles. The van der Waals surface area contributed by atoms with Gasteiger partial charge in [-0.2, -0.15) is 0 Å². The van der Waals surface area contributed by atoms with Gasteiger partial charge in [0.1, 0.15) is 11.4 Å². The van der Waals surface area contributed by atoms with Gasteiger partial charge in [-0.15, -0.1) is 0 Å². The molecule has 1 fully saturated rings. The molecule has 2 N–H and O–H groups in total. The Morgan fingerprint density at radius 1 is 1.04 bits per heavy atom. The molecule has 1 aromatic carbocycles. The summed E-state index contributed by atoms with van der Waals surface area (Å²) < 4.78 is 7.93. The van der Waals surface area contributed by atoms with E-state index in [1.54, 1.807) is 0 Å². The van der Waals surface area contributed by atoms with Gasteiger partial charge in [0.25, 0.3) is 0 Å². The van der Waals surface area contributed by atoms with E-state index in [-0.39, 0.29) is 6.10 Å². The fourth-order valence-electron chi connectivity index (χ4n) is 3.67. The Balaban J connectivity index is 1.70. The van der Waals surface area contributed by atoms with E-state index in [9.17, 15) is 0 Å². The van der Waals surface area contributed by atoms with Crippen molar-refractivity contribution in [2.24, 2.45) is 0 Å². The lowest BCUT2D eigenvalue weighted by atomic mass is 10.1. The maximum atomic E-state index is 6.07. The SMILES string of the molecule is CC(C)Oc1ccc(-c2nc3ccc(N)cn3c2CN2CCN(C)CC2)cc1. The molecule has 6 nitrogen and oxygen atoms in total. The van der Waals surface area contributed by atoms with Crippen LogP contribution in [0, 0.1) is 0 Å². The van der Waals surface area contributed by atoms with Crippen LogP contribution in [0.4, 0.5) is 5.69 Å². The number of imidazole rings is 1. The van der Waals surface area contributed by atoms with Gasteiger partial charge >= 0.3 is 0 Å². The summed E-state index contributed by atoms with van der Waals surface area (Å²) >= 11 is 0. The van der Waals surface area contributed by atoms with Crippen molar-refractivity contribution >= 4 is 11.3 Å². The lowest BCUT2D eigenvalue weighted by molar-refractivity contribution is 0.147. The molecule has 148 valence electrons. The predicted molar refractivity (Wildman–Crippen MR) is 114 cm³/mol. The molecule has 0 atom stereocenters. The minimum Gasteiger partial charge on any atom is -0.491 e. The fourth-order valence-corrected chi connectivity index (χ4v) is 3.67. The molecular formula is C22H29N5O. The molecule has 1 aliphatic rings. The van der Waals surface area contributed by atoms with Crippen LogP contribution in [0.3, 0.4) is 0 Å². The molecule has 0 bridgehead atoms. The zero-order chi connectivity index (χ0) is 19.7. The normalized spacial score (nSPS) is 16.1. The molecule has 0 spiro atoms. The molecule has 0 aliphatic carbocycles. The zero-order valence-electron chi connectivity index (χ0n) is 16.9. The van der Waals surface area contributed by atoms with Crippen LogP contribution in [0.15, 0.2) is 42.6 Å². The molecule has 3 aromatic rings. The number of piperazine rings is 1. The molecule has 0 saturated carbocycles. The third-order valence-electron chi connectivity index (χ3n) is 5.21. The molecule has 28 heavy (non-hydrogen) atoms. The van der Waals surface area contributed by atoms with Gasteiger partial charge < -0.3 is 19.8 Å². The zero-order valence-corrected chi connectivity index (χ0v) is 16.9. The van der Waals surface area contributed by atoms with Gasteiger partial charge in [-0.1, -0.05) is 0 Å². The second-order valence-corrected chi connectivity index (χ2v) is 7.87. The van der Waals surface area contributed by atoms with Crippen molar-refractivity contribution in [3.63, 3.8) is 0 Å². The highest BCUT2D eigenvalue weighted by atomic mass is 16.5. The smallest absolute Gasteiger partial charge is 0.137 e. The summed E-state index contributed by atoms with van der Waals surface area (Å²) in [6, 6.07) is 12.1. The Hall–Kier alpha value is -2.57. The summed E-state index contributed by atoms with van der Waals surface area (Å²) in [5.41, 5.74) is 11.0. The van der Waals surface area contributed by atoms with Gasteiger partial charge in [0.05, 0.1) is 17.5 Å². The number of likely N-dealkylation sites (N-methyl/N-ethyl adjacent to an activating group) is 1. The molecule has 0 unspecified atom stereocenters. The number of nitrogens with two attached hydrogens (primary N) is 1. The third-order valence-corrected chi connectivity index (χ3v) is 5.21. The van der Waals surface area contributed by atoms with Crippen molar-refractivity contribution in [1.82, 2.24) is 19.2 Å². The van der Waals surface area contributed by atoms with Crippen molar-refractivity contribution < 1.29 is 4.74 Å². The van der Waals surface area contributed by atoms with E-state index in [0.29, 0.717) is 0 Å². The van der Waals surface area contributed by atoms with E-state index in [0.717, 1.165) is 61.1 Å². The van der Waals surface area contributed by atoms with Crippen molar-refractivity contribution in [2.45, 2.75) is 26.5 Å². The second kappa shape index (κ2) is 7.81. The highest BCUT2D eigenvalue weighted by Gasteiger charge is 2.20. The van der Waals surface area contributed by atoms with Gasteiger partial charge in [-0.25, -0.2) is 4.98 Å². The number of hydrogen-bond acceptors (Lipinski definition) is 5. The first-order chi connectivity index (χ1) is 13.5. The molecule has 2 aromatic heterocycles. The minimum atomic E-state index is 0.164. The first-order valence-electron chi connectivity index (χ1n) is 9.94. The maximum Gasteiger partial charge on any atom is 0.137 e. The summed E-state index contributed by atoms with van der Waals surface area (Å²) in [5.74, 6) is 0.882. The largest absolute Gasteiger partial charge is 0.491 e. The van der Waals surface area contributed by atoms with Crippen LogP contribution in [0.5, 0.6) is 5.75 Å². The third kappa shape index (κ3) is 3.98. The molecule has 0 radical (unpaired) electrons. The van der Waals surface area contributed by atoms with Crippen LogP contribution in [0.25, 0.3) is 16.9 Å². The number of aromatic nitrogens is 2. The number of fused-ring (bicyclic) bond motifs is 1. The van der Waals surface area contributed by atoms with E-state index in [4.69, 9.17) is 15.5 Å². The fraction of sp³-hybridized carbons (Fsp3) is 0.409. The van der Waals surface area contributed by atoms with Gasteiger partial charge in [-0.3, -0.25) is 4.90 Å². The number of nitrogens with zero attached hydrogens (tertiary/aromatic N) is 4. The van der Waals surface area contributed by atoms with E-state index in [1.807, 2.05) is 44.3 Å². The number of anilines is 1. The van der Waals surface area contributed by atoms with Gasteiger partial charge in [0.15, 0.2) is 0 Å². The summed E-state index contributed by atoms with van der Waals surface area (Å²) in [6.45, 7) is 9.24. The predicted octanol–water partition coefficient (Wildman–Crippen LogP) is 3.12. The summed E-state index contributed by atoms with van der Waals surface area (Å²) in [4.78, 5) is 9.79. The van der Waals surface area contributed by atoms with Gasteiger partial charge in [0.2, 0.25) is 0 Å². The molecule has 4 rings (SSSR count). The number of rotatable bonds is 5. The topological polar surface area (TPSA) is 59.0 Å². The second-order valence-electron chi connectivity index (χ2n) is 7.87. The van der Waals surface area contributed by atoms with Crippen molar-refractivity contribution in [2.75, 3.05) is 39.0 Å². The molecule has 0 amide bonds. The Kier molecular flexibility index (Phi) is 5.24. The first kappa shape index (κ1) is 18.8. The Morgan fingerprint density at radius 3 is 2.43 bits per heavy atom. The van der Waals surface area contributed by atoms with Gasteiger partial charge in [-0.05, 0) is 57.3 Å². The van der Waals surface area contributed by atoms with Crippen LogP contribution in [0.2, 0.25) is 0 Å². The van der Waals surface area contributed by atoms with Crippen LogP contribution in [-0.2, 0) is 6.54 Å². The van der Waals surface area contributed by atoms with Crippen molar-refractivity contribution in [1.29, 1.82) is 0 Å². The number of hydrogen-bond donors (Lipinski definition) is 1. The maximum absolute atomic E-state index is 6.07. The standard InChI is InChI=1S/C22H29N5O/c1-16(2)28-19-7-4-17(5-8-19)22-20(15-26-12-10-25(3)11-13-26)27-14-18(23)6-9-21(27)24-22/h4-9,14,16H,10-13,15,23H2,1-3H3. The Bertz CT molecular complexity index is 939. The summed E-state index contributed by atoms with van der Waals surface area (Å²) in [5, 5.41) is 0. The average molecular weight is 380 g/mol. The minimum absolute atomic E-state index is 0.164. The average Bonchev–Trinajstić information content (AvgIpc) is 3.01. The molecule has 1 aliphatic heterocycles. The number of benzene rings is 1. The van der Waals surface area contributed by atoms with Crippen LogP contribution in [0.1, 0.15) is 19.5 Å². The molecular weight excluding hydrogens is 350 g/mol. The lowest BCUT2D eigenvalue weighted by Gasteiger charge is -2.32. The summed E-state index contributed by atoms with van der Waals surface area (Å²) in [6.07, 6.45) is 2.14. The quantitative estimate of drug-likeness (QED) is 0.738. The van der Waals surface area contributed by atoms with Crippen LogP contribution in [-0.4, -0.2) is 58.5 Å². The molecule has 6 heteroatoms. The highest BCUT2D eigenvalue weighted by molar-refractivity contribution is 5.68. The van der Waals surface area contributed by atoms with Crippen LogP contribution < -0.4 is 10.5 Å².